The van der Waals surface area contributed by atoms with Gasteiger partial charge in [-0.1, -0.05) is 12.1 Å². The predicted molar refractivity (Wildman–Crippen MR) is 104 cm³/mol. The van der Waals surface area contributed by atoms with Gasteiger partial charge in [-0.3, -0.25) is 4.90 Å². The highest BCUT2D eigenvalue weighted by Gasteiger charge is 2.09. The number of ether oxygens (including phenoxy) is 1. The van der Waals surface area contributed by atoms with E-state index in [1.165, 1.54) is 0 Å². The van der Waals surface area contributed by atoms with E-state index in [2.05, 4.69) is 38.0 Å². The lowest BCUT2D eigenvalue weighted by atomic mass is 10.1. The van der Waals surface area contributed by atoms with E-state index in [1.807, 2.05) is 19.1 Å². The van der Waals surface area contributed by atoms with Crippen LogP contribution in [0.1, 0.15) is 5.01 Å². The monoisotopic (exact) mass is 362 g/mol. The van der Waals surface area contributed by atoms with Gasteiger partial charge in [-0.25, -0.2) is 4.98 Å². The van der Waals surface area contributed by atoms with Crippen molar-refractivity contribution in [2.24, 2.45) is 0 Å². The highest BCUT2D eigenvalue weighted by Crippen LogP contribution is 2.24. The summed E-state index contributed by atoms with van der Waals surface area (Å²) in [5, 5.41) is 10.3. The van der Waals surface area contributed by atoms with Gasteiger partial charge in [-0.15, -0.1) is 11.3 Å². The quantitative estimate of drug-likeness (QED) is 0.798. The fourth-order valence-electron chi connectivity index (χ4n) is 2.58. The molecular weight excluding hydrogens is 340 g/mol. The van der Waals surface area contributed by atoms with Gasteiger partial charge in [-0.05, 0) is 31.3 Å². The highest BCUT2D eigenvalue weighted by atomic mass is 32.1. The molecule has 0 spiro atoms. The number of benzene rings is 1. The van der Waals surface area contributed by atoms with E-state index < -0.39 is 0 Å². The summed E-state index contributed by atoms with van der Waals surface area (Å²) < 4.78 is 5.35. The molecule has 0 amide bonds. The third-order valence-corrected chi connectivity index (χ3v) is 4.87. The third-order valence-electron chi connectivity index (χ3n) is 3.85. The lowest BCUT2D eigenvalue weighted by Crippen LogP contribution is -2.42. The lowest BCUT2D eigenvalue weighted by molar-refractivity contribution is 0.0389. The maximum absolute atomic E-state index is 5.39. The van der Waals surface area contributed by atoms with Crippen LogP contribution in [-0.4, -0.2) is 54.4 Å². The van der Waals surface area contributed by atoms with Gasteiger partial charge in [0.25, 0.3) is 0 Å². The molecule has 24 heavy (non-hydrogen) atoms. The summed E-state index contributed by atoms with van der Waals surface area (Å²) in [4.78, 5) is 6.91. The van der Waals surface area contributed by atoms with Crippen LogP contribution in [0.4, 0.5) is 5.69 Å². The highest BCUT2D eigenvalue weighted by molar-refractivity contribution is 7.80. The van der Waals surface area contributed by atoms with Crippen molar-refractivity contribution >= 4 is 34.4 Å². The smallest absolute Gasteiger partial charge is 0.170 e. The van der Waals surface area contributed by atoms with Crippen molar-refractivity contribution in [3.05, 3.63) is 34.7 Å². The van der Waals surface area contributed by atoms with Crippen LogP contribution in [0.25, 0.3) is 11.3 Å². The molecule has 2 N–H and O–H groups in total. The molecule has 0 atom stereocenters. The average Bonchev–Trinajstić information content (AvgIpc) is 3.03. The molecule has 1 fully saturated rings. The second-order valence-corrected chi connectivity index (χ2v) is 7.14. The van der Waals surface area contributed by atoms with E-state index in [1.54, 1.807) is 11.3 Å². The van der Waals surface area contributed by atoms with Gasteiger partial charge in [-0.2, -0.15) is 0 Å². The van der Waals surface area contributed by atoms with E-state index in [0.29, 0.717) is 5.11 Å². The van der Waals surface area contributed by atoms with Gasteiger partial charge >= 0.3 is 0 Å². The number of hydrogen-bond acceptors (Lipinski definition) is 5. The molecule has 7 heteroatoms. The van der Waals surface area contributed by atoms with Crippen molar-refractivity contribution in [1.82, 2.24) is 15.2 Å². The number of aromatic nitrogens is 1. The first-order chi connectivity index (χ1) is 11.7. The zero-order valence-electron chi connectivity index (χ0n) is 13.7. The van der Waals surface area contributed by atoms with Crippen LogP contribution in [0.2, 0.25) is 0 Å². The Morgan fingerprint density at radius 1 is 1.38 bits per heavy atom. The minimum Gasteiger partial charge on any atom is -0.379 e. The number of aryl methyl sites for hydroxylation is 1. The summed E-state index contributed by atoms with van der Waals surface area (Å²) >= 11 is 7.05. The molecule has 2 aromatic rings. The number of morpholine rings is 1. The van der Waals surface area contributed by atoms with Crippen LogP contribution in [-0.2, 0) is 4.74 Å². The molecule has 3 rings (SSSR count). The molecule has 1 aliphatic heterocycles. The Labute approximate surface area is 152 Å². The predicted octanol–water partition coefficient (Wildman–Crippen LogP) is 2.74. The number of hydrogen-bond donors (Lipinski definition) is 2. The molecule has 1 saturated heterocycles. The van der Waals surface area contributed by atoms with Gasteiger partial charge < -0.3 is 15.4 Å². The molecule has 128 valence electrons. The molecule has 1 aromatic carbocycles. The maximum atomic E-state index is 5.39. The molecule has 1 aromatic heterocycles. The summed E-state index contributed by atoms with van der Waals surface area (Å²) in [7, 11) is 0. The van der Waals surface area contributed by atoms with Crippen LogP contribution in [0.5, 0.6) is 0 Å². The van der Waals surface area contributed by atoms with Gasteiger partial charge in [0, 0.05) is 42.8 Å². The Balaban J connectivity index is 1.49. The number of rotatable bonds is 5. The molecule has 0 unspecified atom stereocenters. The molecule has 1 aliphatic rings. The molecular formula is C17H22N4OS2. The minimum absolute atomic E-state index is 0.648. The zero-order chi connectivity index (χ0) is 16.8. The fraction of sp³-hybridized carbons (Fsp3) is 0.412. The van der Waals surface area contributed by atoms with Crippen LogP contribution in [0, 0.1) is 6.92 Å². The topological polar surface area (TPSA) is 49.4 Å². The standard InChI is InChI=1S/C17H22N4OS2/c1-13-19-16(12-24-13)14-3-2-4-15(11-14)20-17(23)18-5-6-21-7-9-22-10-8-21/h2-4,11-12H,5-10H2,1H3,(H2,18,20,23). The Hall–Kier alpha value is -1.54. The van der Waals surface area contributed by atoms with Crippen molar-refractivity contribution in [3.63, 3.8) is 0 Å². The van der Waals surface area contributed by atoms with E-state index in [-0.39, 0.29) is 0 Å². The summed E-state index contributed by atoms with van der Waals surface area (Å²) in [6.45, 7) is 7.47. The summed E-state index contributed by atoms with van der Waals surface area (Å²) in [5.41, 5.74) is 3.08. The molecule has 0 saturated carbocycles. The third kappa shape index (κ3) is 4.98. The van der Waals surface area contributed by atoms with Crippen LogP contribution in [0.15, 0.2) is 29.6 Å². The van der Waals surface area contributed by atoms with Crippen molar-refractivity contribution in [2.45, 2.75) is 6.92 Å². The van der Waals surface area contributed by atoms with Gasteiger partial charge in [0.2, 0.25) is 0 Å². The van der Waals surface area contributed by atoms with Crippen molar-refractivity contribution in [1.29, 1.82) is 0 Å². The van der Waals surface area contributed by atoms with Gasteiger partial charge in [0.15, 0.2) is 5.11 Å². The van der Waals surface area contributed by atoms with Gasteiger partial charge in [0.05, 0.1) is 23.9 Å². The van der Waals surface area contributed by atoms with Crippen LogP contribution < -0.4 is 10.6 Å². The average molecular weight is 363 g/mol. The summed E-state index contributed by atoms with van der Waals surface area (Å²) in [5.74, 6) is 0. The Morgan fingerprint density at radius 3 is 2.96 bits per heavy atom. The Morgan fingerprint density at radius 2 is 2.21 bits per heavy atom. The molecule has 2 heterocycles. The van der Waals surface area contributed by atoms with E-state index in [9.17, 15) is 0 Å². The van der Waals surface area contributed by atoms with Crippen LogP contribution in [0.3, 0.4) is 0 Å². The summed E-state index contributed by atoms with van der Waals surface area (Å²) in [6, 6.07) is 8.17. The zero-order valence-corrected chi connectivity index (χ0v) is 15.4. The van der Waals surface area contributed by atoms with Crippen LogP contribution >= 0.6 is 23.6 Å². The van der Waals surface area contributed by atoms with E-state index >= 15 is 0 Å². The maximum Gasteiger partial charge on any atom is 0.170 e. The normalized spacial score (nSPS) is 15.2. The minimum atomic E-state index is 0.648. The largest absolute Gasteiger partial charge is 0.379 e. The fourth-order valence-corrected chi connectivity index (χ4v) is 3.42. The first-order valence-electron chi connectivity index (χ1n) is 8.08. The molecule has 0 bridgehead atoms. The molecule has 5 nitrogen and oxygen atoms in total. The Bertz CT molecular complexity index is 683. The number of anilines is 1. The number of thiazole rings is 1. The van der Waals surface area contributed by atoms with Gasteiger partial charge in [0.1, 0.15) is 0 Å². The van der Waals surface area contributed by atoms with E-state index in [0.717, 1.165) is 61.3 Å². The van der Waals surface area contributed by atoms with E-state index in [4.69, 9.17) is 17.0 Å². The van der Waals surface area contributed by atoms with Crippen molar-refractivity contribution in [2.75, 3.05) is 44.7 Å². The van der Waals surface area contributed by atoms with Crippen molar-refractivity contribution in [3.8, 4) is 11.3 Å². The number of nitrogens with zero attached hydrogens (tertiary/aromatic N) is 2. The first kappa shape index (κ1) is 17.3. The summed E-state index contributed by atoms with van der Waals surface area (Å²) in [6.07, 6.45) is 0. The Kier molecular flexibility index (Phi) is 6.14. The second kappa shape index (κ2) is 8.53. The van der Waals surface area contributed by atoms with Crippen molar-refractivity contribution < 1.29 is 4.74 Å². The number of nitrogens with one attached hydrogen (secondary N) is 2. The lowest BCUT2D eigenvalue weighted by Gasteiger charge is -2.26. The second-order valence-electron chi connectivity index (χ2n) is 5.67. The molecule has 0 aliphatic carbocycles. The number of thiocarbonyl (C=S) groups is 1. The molecule has 0 radical (unpaired) electrons. The SMILES string of the molecule is Cc1nc(-c2cccc(NC(=S)NCCN3CCOCC3)c2)cs1. The first-order valence-corrected chi connectivity index (χ1v) is 9.37.